The topological polar surface area (TPSA) is 99.2 Å². The Morgan fingerprint density at radius 2 is 1.90 bits per heavy atom. The zero-order chi connectivity index (χ0) is 22.4. The summed E-state index contributed by atoms with van der Waals surface area (Å²) in [5.41, 5.74) is 1.05. The number of nitrogens with one attached hydrogen (secondary N) is 1. The second-order valence-corrected chi connectivity index (χ2v) is 7.77. The van der Waals surface area contributed by atoms with Crippen molar-refractivity contribution in [2.24, 2.45) is 0 Å². The van der Waals surface area contributed by atoms with E-state index in [1.165, 1.54) is 11.8 Å². The molecule has 2 amide bonds. The van der Waals surface area contributed by atoms with Gasteiger partial charge in [-0.15, -0.1) is 0 Å². The third-order valence-electron chi connectivity index (χ3n) is 5.75. The van der Waals surface area contributed by atoms with E-state index in [1.54, 1.807) is 7.05 Å². The number of nitrogens with zero attached hydrogens (tertiary/aromatic N) is 2. The van der Waals surface area contributed by atoms with Crippen LogP contribution < -0.4 is 5.32 Å². The largest absolute Gasteiger partial charge is 0.466 e. The van der Waals surface area contributed by atoms with E-state index in [0.29, 0.717) is 32.5 Å². The predicted octanol–water partition coefficient (Wildman–Crippen LogP) is 2.11. The third kappa shape index (κ3) is 5.73. The molecule has 2 N–H and O–H groups in total. The lowest BCUT2D eigenvalue weighted by Crippen LogP contribution is -2.60. The van der Waals surface area contributed by atoms with E-state index in [1.807, 2.05) is 35.2 Å². The summed E-state index contributed by atoms with van der Waals surface area (Å²) in [5, 5.41) is 14.6. The molecule has 0 bridgehead atoms. The first-order valence-electron chi connectivity index (χ1n) is 10.4. The highest BCUT2D eigenvalue weighted by Crippen LogP contribution is 2.21. The molecule has 31 heavy (non-hydrogen) atoms. The normalized spacial score (nSPS) is 17.9. The molecule has 1 fully saturated rings. The Labute approximate surface area is 181 Å². The van der Waals surface area contributed by atoms with Crippen molar-refractivity contribution in [3.05, 3.63) is 48.0 Å². The van der Waals surface area contributed by atoms with Gasteiger partial charge in [-0.2, -0.15) is 0 Å². The SMILES string of the molecule is CNC(=O)C(Cc1ccc2ccccc2c1)N1CCN(C(=O)O)C(CCOC(C)=O)C1. The van der Waals surface area contributed by atoms with E-state index in [4.69, 9.17) is 4.74 Å². The molecule has 2 unspecified atom stereocenters. The van der Waals surface area contributed by atoms with Gasteiger partial charge in [0, 0.05) is 40.0 Å². The molecule has 2 aromatic rings. The van der Waals surface area contributed by atoms with Crippen molar-refractivity contribution in [2.75, 3.05) is 33.3 Å². The zero-order valence-corrected chi connectivity index (χ0v) is 17.9. The summed E-state index contributed by atoms with van der Waals surface area (Å²) in [7, 11) is 1.61. The molecule has 166 valence electrons. The van der Waals surface area contributed by atoms with Crippen LogP contribution in [-0.4, -0.2) is 78.2 Å². The first kappa shape index (κ1) is 22.6. The molecule has 0 aromatic heterocycles. The molecule has 1 saturated heterocycles. The van der Waals surface area contributed by atoms with Gasteiger partial charge in [-0.25, -0.2) is 4.79 Å². The summed E-state index contributed by atoms with van der Waals surface area (Å²) < 4.78 is 5.02. The van der Waals surface area contributed by atoms with Crippen LogP contribution >= 0.6 is 0 Å². The van der Waals surface area contributed by atoms with Gasteiger partial charge < -0.3 is 20.1 Å². The number of hydrogen-bond donors (Lipinski definition) is 2. The summed E-state index contributed by atoms with van der Waals surface area (Å²) in [6.45, 7) is 2.63. The Hall–Kier alpha value is -3.13. The molecule has 8 nitrogen and oxygen atoms in total. The molecule has 3 rings (SSSR count). The van der Waals surface area contributed by atoms with Gasteiger partial charge in [0.15, 0.2) is 0 Å². The van der Waals surface area contributed by atoms with Crippen molar-refractivity contribution >= 4 is 28.7 Å². The molecule has 1 aliphatic rings. The van der Waals surface area contributed by atoms with Gasteiger partial charge in [-0.3, -0.25) is 14.5 Å². The summed E-state index contributed by atoms with van der Waals surface area (Å²) in [4.78, 5) is 38.9. The Balaban J connectivity index is 1.77. The highest BCUT2D eigenvalue weighted by atomic mass is 16.5. The number of esters is 1. The first-order valence-corrected chi connectivity index (χ1v) is 10.4. The number of carboxylic acid groups (broad SMARTS) is 1. The van der Waals surface area contributed by atoms with Crippen molar-refractivity contribution in [1.29, 1.82) is 0 Å². The van der Waals surface area contributed by atoms with E-state index >= 15 is 0 Å². The minimum atomic E-state index is -1.00. The van der Waals surface area contributed by atoms with Crippen molar-refractivity contribution in [3.63, 3.8) is 0 Å². The summed E-state index contributed by atoms with van der Waals surface area (Å²) in [5.74, 6) is -0.496. The van der Waals surface area contributed by atoms with Gasteiger partial charge in [-0.1, -0.05) is 42.5 Å². The third-order valence-corrected chi connectivity index (χ3v) is 5.75. The van der Waals surface area contributed by atoms with Gasteiger partial charge in [0.25, 0.3) is 0 Å². The summed E-state index contributed by atoms with van der Waals surface area (Å²) in [6, 6.07) is 13.5. The number of likely N-dealkylation sites (N-methyl/N-ethyl adjacent to an activating group) is 1. The molecule has 0 spiro atoms. The minimum Gasteiger partial charge on any atom is -0.466 e. The molecule has 2 aromatic carbocycles. The van der Waals surface area contributed by atoms with E-state index < -0.39 is 18.1 Å². The molecule has 1 aliphatic heterocycles. The number of benzene rings is 2. The average Bonchev–Trinajstić information content (AvgIpc) is 2.76. The molecule has 1 heterocycles. The molecular formula is C23H29N3O5. The van der Waals surface area contributed by atoms with Crippen LogP contribution in [0.5, 0.6) is 0 Å². The lowest BCUT2D eigenvalue weighted by atomic mass is 9.98. The van der Waals surface area contributed by atoms with Crippen LogP contribution in [0.3, 0.4) is 0 Å². The molecule has 0 saturated carbocycles. The quantitative estimate of drug-likeness (QED) is 0.657. The standard InChI is InChI=1S/C23H29N3O5/c1-16(27)31-12-9-20-15-25(10-11-26(20)23(29)30)21(22(28)24-2)14-17-7-8-18-5-3-4-6-19(18)13-17/h3-8,13,20-21H,9-12,14-15H2,1-2H3,(H,24,28)(H,29,30). The van der Waals surface area contributed by atoms with Gasteiger partial charge in [0.2, 0.25) is 5.91 Å². The maximum atomic E-state index is 12.8. The van der Waals surface area contributed by atoms with E-state index in [9.17, 15) is 19.5 Å². The fourth-order valence-corrected chi connectivity index (χ4v) is 4.14. The van der Waals surface area contributed by atoms with Crippen LogP contribution in [0.4, 0.5) is 4.79 Å². The number of amides is 2. The Morgan fingerprint density at radius 3 is 2.58 bits per heavy atom. The Morgan fingerprint density at radius 1 is 1.16 bits per heavy atom. The molecular weight excluding hydrogens is 398 g/mol. The Bertz CT molecular complexity index is 948. The number of rotatable bonds is 7. The van der Waals surface area contributed by atoms with Crippen molar-refractivity contribution in [2.45, 2.75) is 31.8 Å². The minimum absolute atomic E-state index is 0.101. The Kier molecular flexibility index (Phi) is 7.46. The fraction of sp³-hybridized carbons (Fsp3) is 0.435. The van der Waals surface area contributed by atoms with Gasteiger partial charge >= 0.3 is 12.1 Å². The number of piperazine rings is 1. The zero-order valence-electron chi connectivity index (χ0n) is 17.9. The van der Waals surface area contributed by atoms with Crippen LogP contribution in [0.15, 0.2) is 42.5 Å². The van der Waals surface area contributed by atoms with E-state index in [-0.39, 0.29) is 18.6 Å². The second kappa shape index (κ2) is 10.3. The number of carbonyl (C=O) groups is 3. The average molecular weight is 428 g/mol. The highest BCUT2D eigenvalue weighted by Gasteiger charge is 2.35. The van der Waals surface area contributed by atoms with Crippen LogP contribution in [0.2, 0.25) is 0 Å². The fourth-order valence-electron chi connectivity index (χ4n) is 4.14. The number of fused-ring (bicyclic) bond motifs is 1. The van der Waals surface area contributed by atoms with Crippen molar-refractivity contribution in [3.8, 4) is 0 Å². The summed E-state index contributed by atoms with van der Waals surface area (Å²) >= 11 is 0. The number of hydrogen-bond acceptors (Lipinski definition) is 5. The maximum absolute atomic E-state index is 12.8. The monoisotopic (exact) mass is 427 g/mol. The predicted molar refractivity (Wildman–Crippen MR) is 117 cm³/mol. The van der Waals surface area contributed by atoms with Crippen molar-refractivity contribution in [1.82, 2.24) is 15.1 Å². The second-order valence-electron chi connectivity index (χ2n) is 7.77. The van der Waals surface area contributed by atoms with Gasteiger partial charge in [-0.05, 0) is 22.8 Å². The highest BCUT2D eigenvalue weighted by molar-refractivity contribution is 5.84. The smallest absolute Gasteiger partial charge is 0.407 e. The van der Waals surface area contributed by atoms with Gasteiger partial charge in [0.05, 0.1) is 18.7 Å². The summed E-state index contributed by atoms with van der Waals surface area (Å²) in [6.07, 6.45) is -0.0916. The number of carbonyl (C=O) groups excluding carboxylic acids is 2. The van der Waals surface area contributed by atoms with Crippen LogP contribution in [0, 0.1) is 0 Å². The molecule has 2 atom stereocenters. The molecule has 0 radical (unpaired) electrons. The van der Waals surface area contributed by atoms with Crippen molar-refractivity contribution < 1.29 is 24.2 Å². The van der Waals surface area contributed by atoms with Gasteiger partial charge in [0.1, 0.15) is 0 Å². The lowest BCUT2D eigenvalue weighted by molar-refractivity contribution is -0.141. The molecule has 8 heteroatoms. The van der Waals surface area contributed by atoms with Crippen LogP contribution in [-0.2, 0) is 20.7 Å². The maximum Gasteiger partial charge on any atom is 0.407 e. The first-order chi connectivity index (χ1) is 14.9. The van der Waals surface area contributed by atoms with Crippen LogP contribution in [0.1, 0.15) is 18.9 Å². The molecule has 0 aliphatic carbocycles. The van der Waals surface area contributed by atoms with E-state index in [0.717, 1.165) is 16.3 Å². The number of ether oxygens (including phenoxy) is 1. The van der Waals surface area contributed by atoms with Crippen LogP contribution in [0.25, 0.3) is 10.8 Å². The lowest BCUT2D eigenvalue weighted by Gasteiger charge is -2.42. The van der Waals surface area contributed by atoms with E-state index in [2.05, 4.69) is 17.4 Å².